The first-order chi connectivity index (χ1) is 14.2. The number of nitrogens with one attached hydrogen (secondary N) is 1. The normalized spacial score (nSPS) is 10.3. The van der Waals surface area contributed by atoms with Crippen LogP contribution in [0.1, 0.15) is 21.5 Å². The Kier molecular flexibility index (Phi) is 4.96. The molecule has 4 aromatic rings. The summed E-state index contributed by atoms with van der Waals surface area (Å²) in [6.07, 6.45) is 0. The maximum absolute atomic E-state index is 12.8. The number of nitriles is 1. The minimum absolute atomic E-state index is 0.151. The Morgan fingerprint density at radius 3 is 2.07 bits per heavy atom. The lowest BCUT2D eigenvalue weighted by molar-refractivity contribution is 0.102. The van der Waals surface area contributed by atoms with Gasteiger partial charge in [0.1, 0.15) is 17.4 Å². The highest BCUT2D eigenvalue weighted by atomic mass is 16.4. The van der Waals surface area contributed by atoms with Crippen molar-refractivity contribution in [1.82, 2.24) is 0 Å². The smallest absolute Gasteiger partial charge is 0.258 e. The van der Waals surface area contributed by atoms with E-state index < -0.39 is 0 Å². The number of aryl methyl sites for hydroxylation is 1. The molecule has 0 aliphatic rings. The van der Waals surface area contributed by atoms with Crippen molar-refractivity contribution in [3.63, 3.8) is 0 Å². The Labute approximate surface area is 169 Å². The van der Waals surface area contributed by atoms with E-state index in [1.54, 1.807) is 12.1 Å². The molecular formula is C25H18N2O2. The van der Waals surface area contributed by atoms with Gasteiger partial charge in [-0.2, -0.15) is 5.26 Å². The third-order valence-electron chi connectivity index (χ3n) is 4.74. The second-order valence-corrected chi connectivity index (χ2v) is 6.62. The van der Waals surface area contributed by atoms with E-state index in [4.69, 9.17) is 4.42 Å². The zero-order valence-corrected chi connectivity index (χ0v) is 15.8. The third kappa shape index (κ3) is 3.54. The molecule has 3 aromatic carbocycles. The highest BCUT2D eigenvalue weighted by Crippen LogP contribution is 2.41. The Bertz CT molecular complexity index is 1200. The van der Waals surface area contributed by atoms with Crippen LogP contribution in [-0.4, -0.2) is 5.91 Å². The van der Waals surface area contributed by atoms with E-state index in [0.717, 1.165) is 16.7 Å². The van der Waals surface area contributed by atoms with Crippen LogP contribution in [0.3, 0.4) is 0 Å². The van der Waals surface area contributed by atoms with E-state index in [1.807, 2.05) is 79.7 Å². The number of hydrogen-bond acceptors (Lipinski definition) is 3. The zero-order chi connectivity index (χ0) is 20.2. The summed E-state index contributed by atoms with van der Waals surface area (Å²) in [7, 11) is 0. The molecule has 0 bridgehead atoms. The van der Waals surface area contributed by atoms with E-state index in [1.165, 1.54) is 0 Å². The highest BCUT2D eigenvalue weighted by molar-refractivity contribution is 6.06. The average Bonchev–Trinajstić information content (AvgIpc) is 3.13. The average molecular weight is 378 g/mol. The van der Waals surface area contributed by atoms with Gasteiger partial charge < -0.3 is 4.42 Å². The van der Waals surface area contributed by atoms with E-state index in [9.17, 15) is 10.1 Å². The molecule has 1 N–H and O–H groups in total. The molecule has 1 aromatic heterocycles. The van der Waals surface area contributed by atoms with Gasteiger partial charge in [0.2, 0.25) is 5.88 Å². The summed E-state index contributed by atoms with van der Waals surface area (Å²) >= 11 is 0. The molecule has 0 aliphatic heterocycles. The van der Waals surface area contributed by atoms with Gasteiger partial charge in [-0.3, -0.25) is 10.1 Å². The van der Waals surface area contributed by atoms with Crippen LogP contribution in [0, 0.1) is 18.3 Å². The number of carbonyl (C=O) groups is 1. The molecule has 140 valence electrons. The maximum atomic E-state index is 12.8. The summed E-state index contributed by atoms with van der Waals surface area (Å²) in [4.78, 5) is 12.8. The van der Waals surface area contributed by atoms with E-state index in [0.29, 0.717) is 22.5 Å². The van der Waals surface area contributed by atoms with Crippen molar-refractivity contribution < 1.29 is 9.21 Å². The topological polar surface area (TPSA) is 66.0 Å². The van der Waals surface area contributed by atoms with E-state index in [-0.39, 0.29) is 11.8 Å². The van der Waals surface area contributed by atoms with E-state index >= 15 is 0 Å². The van der Waals surface area contributed by atoms with Gasteiger partial charge in [0.05, 0.1) is 0 Å². The molecule has 0 unspecified atom stereocenters. The maximum Gasteiger partial charge on any atom is 0.258 e. The van der Waals surface area contributed by atoms with Crippen molar-refractivity contribution in [2.24, 2.45) is 0 Å². The number of carbonyl (C=O) groups excluding carboxylic acids is 1. The molecule has 1 heterocycles. The molecule has 4 heteroatoms. The van der Waals surface area contributed by atoms with Crippen molar-refractivity contribution in [1.29, 1.82) is 5.26 Å². The fourth-order valence-electron chi connectivity index (χ4n) is 3.30. The number of benzene rings is 3. The molecular weight excluding hydrogens is 360 g/mol. The monoisotopic (exact) mass is 378 g/mol. The van der Waals surface area contributed by atoms with Crippen LogP contribution in [-0.2, 0) is 0 Å². The number of amides is 1. The number of hydrogen-bond donors (Lipinski definition) is 1. The minimum atomic E-state index is -0.312. The molecule has 0 spiro atoms. The van der Waals surface area contributed by atoms with Crippen molar-refractivity contribution in [2.75, 3.05) is 5.32 Å². The van der Waals surface area contributed by atoms with Gasteiger partial charge in [0, 0.05) is 16.7 Å². The van der Waals surface area contributed by atoms with Gasteiger partial charge in [0.25, 0.3) is 5.91 Å². The largest absolute Gasteiger partial charge is 0.438 e. The summed E-state index contributed by atoms with van der Waals surface area (Å²) in [6.45, 7) is 1.87. The van der Waals surface area contributed by atoms with Crippen molar-refractivity contribution in [3.8, 4) is 28.5 Å². The summed E-state index contributed by atoms with van der Waals surface area (Å²) in [5.41, 5.74) is 4.04. The van der Waals surface area contributed by atoms with Gasteiger partial charge in [-0.25, -0.2) is 0 Å². The molecule has 0 atom stereocenters. The summed E-state index contributed by atoms with van der Waals surface area (Å²) in [5.74, 6) is 0.388. The quantitative estimate of drug-likeness (QED) is 0.470. The summed E-state index contributed by atoms with van der Waals surface area (Å²) in [5, 5.41) is 12.7. The van der Waals surface area contributed by atoms with Crippen LogP contribution >= 0.6 is 0 Å². The Morgan fingerprint density at radius 1 is 0.862 bits per heavy atom. The predicted molar refractivity (Wildman–Crippen MR) is 113 cm³/mol. The lowest BCUT2D eigenvalue weighted by Crippen LogP contribution is -2.13. The molecule has 4 rings (SSSR count). The second kappa shape index (κ2) is 7.87. The van der Waals surface area contributed by atoms with Gasteiger partial charge in [-0.05, 0) is 24.1 Å². The lowest BCUT2D eigenvalue weighted by Gasteiger charge is -2.05. The fraction of sp³-hybridized carbons (Fsp3) is 0.0400. The molecule has 1 amide bonds. The Morgan fingerprint density at radius 2 is 1.45 bits per heavy atom. The van der Waals surface area contributed by atoms with Crippen molar-refractivity contribution >= 4 is 11.8 Å². The fourth-order valence-corrected chi connectivity index (χ4v) is 3.30. The van der Waals surface area contributed by atoms with Crippen molar-refractivity contribution in [2.45, 2.75) is 6.92 Å². The molecule has 4 nitrogen and oxygen atoms in total. The Hall–Kier alpha value is -4.10. The van der Waals surface area contributed by atoms with Crippen LogP contribution in [0.5, 0.6) is 0 Å². The SMILES string of the molecule is Cc1ccccc1C(=O)Nc1oc(-c2ccccc2)c(-c2ccccc2)c1C#N. The summed E-state index contributed by atoms with van der Waals surface area (Å²) in [6, 6.07) is 28.6. The number of furan rings is 1. The van der Waals surface area contributed by atoms with Gasteiger partial charge in [-0.1, -0.05) is 78.9 Å². The molecule has 0 saturated carbocycles. The zero-order valence-electron chi connectivity index (χ0n) is 15.8. The van der Waals surface area contributed by atoms with Gasteiger partial charge in [0.15, 0.2) is 0 Å². The number of rotatable bonds is 4. The Balaban J connectivity index is 1.86. The predicted octanol–water partition coefficient (Wildman–Crippen LogP) is 6.05. The third-order valence-corrected chi connectivity index (χ3v) is 4.74. The van der Waals surface area contributed by atoms with Crippen LogP contribution in [0.25, 0.3) is 22.5 Å². The van der Waals surface area contributed by atoms with Crippen LogP contribution in [0.2, 0.25) is 0 Å². The second-order valence-electron chi connectivity index (χ2n) is 6.62. The van der Waals surface area contributed by atoms with Gasteiger partial charge in [-0.15, -0.1) is 0 Å². The lowest BCUT2D eigenvalue weighted by atomic mass is 9.98. The molecule has 0 aliphatic carbocycles. The van der Waals surface area contributed by atoms with E-state index in [2.05, 4.69) is 11.4 Å². The standard InChI is InChI=1S/C25H18N2O2/c1-17-10-8-9-15-20(17)24(28)27-25-21(16-26)22(18-11-4-2-5-12-18)23(29-25)19-13-6-3-7-14-19/h2-15H,1H3,(H,27,28). The van der Waals surface area contributed by atoms with Gasteiger partial charge >= 0.3 is 0 Å². The van der Waals surface area contributed by atoms with Crippen LogP contribution in [0.4, 0.5) is 5.88 Å². The molecule has 0 fully saturated rings. The first-order valence-corrected chi connectivity index (χ1v) is 9.23. The molecule has 0 radical (unpaired) electrons. The van der Waals surface area contributed by atoms with Crippen LogP contribution in [0.15, 0.2) is 89.3 Å². The highest BCUT2D eigenvalue weighted by Gasteiger charge is 2.24. The summed E-state index contributed by atoms with van der Waals surface area (Å²) < 4.78 is 6.05. The number of nitrogens with zero attached hydrogens (tertiary/aromatic N) is 1. The minimum Gasteiger partial charge on any atom is -0.438 e. The molecule has 29 heavy (non-hydrogen) atoms. The van der Waals surface area contributed by atoms with Crippen LogP contribution < -0.4 is 5.32 Å². The molecule has 0 saturated heterocycles. The van der Waals surface area contributed by atoms with Crippen molar-refractivity contribution in [3.05, 3.63) is 102 Å². The first-order valence-electron chi connectivity index (χ1n) is 9.23. The number of anilines is 1. The first kappa shape index (κ1) is 18.3.